The molecule has 0 saturated heterocycles. The molecule has 2 aromatic rings. The average molecular weight is 355 g/mol. The van der Waals surface area contributed by atoms with E-state index < -0.39 is 16.1 Å². The van der Waals surface area contributed by atoms with E-state index in [2.05, 4.69) is 4.72 Å². The molecule has 0 aliphatic carbocycles. The maximum absolute atomic E-state index is 12.4. The van der Waals surface area contributed by atoms with Crippen molar-refractivity contribution >= 4 is 21.4 Å². The average Bonchev–Trinajstić information content (AvgIpc) is 2.98. The maximum atomic E-state index is 12.4. The number of aliphatic hydroxyl groups is 1. The highest BCUT2D eigenvalue weighted by molar-refractivity contribution is 7.89. The Labute approximate surface area is 138 Å². The fourth-order valence-corrected chi connectivity index (χ4v) is 4.25. The highest BCUT2D eigenvalue weighted by Crippen LogP contribution is 2.32. The molecule has 1 aromatic carbocycles. The number of aliphatic hydroxyl groups excluding tert-OH is 1. The number of aryl methyl sites for hydroxylation is 1. The molecule has 0 amide bonds. The molecular formula is C15H17NO5S2. The van der Waals surface area contributed by atoms with Crippen LogP contribution < -0.4 is 14.2 Å². The van der Waals surface area contributed by atoms with Gasteiger partial charge in [-0.1, -0.05) is 0 Å². The van der Waals surface area contributed by atoms with Crippen LogP contribution >= 0.6 is 11.3 Å². The van der Waals surface area contributed by atoms with Crippen molar-refractivity contribution in [2.24, 2.45) is 0 Å². The smallest absolute Gasteiger partial charge is 0.240 e. The van der Waals surface area contributed by atoms with Crippen molar-refractivity contribution in [3.8, 4) is 11.5 Å². The molecule has 2 N–H and O–H groups in total. The van der Waals surface area contributed by atoms with Crippen molar-refractivity contribution < 1.29 is 23.0 Å². The standard InChI is InChI=1S/C15H17NO5S2/c1-10-4-7-22-15(10)12(17)9-16-23(18,19)11-2-3-13-14(8-11)21-6-5-20-13/h2-4,7-8,12,16-17H,5-6,9H2,1H3. The van der Waals surface area contributed by atoms with Gasteiger partial charge in [-0.2, -0.15) is 0 Å². The summed E-state index contributed by atoms with van der Waals surface area (Å²) in [5.74, 6) is 0.943. The summed E-state index contributed by atoms with van der Waals surface area (Å²) in [4.78, 5) is 0.840. The van der Waals surface area contributed by atoms with Crippen molar-refractivity contribution in [1.82, 2.24) is 4.72 Å². The lowest BCUT2D eigenvalue weighted by molar-refractivity contribution is 0.171. The van der Waals surface area contributed by atoms with Crippen LogP contribution in [0.3, 0.4) is 0 Å². The number of benzene rings is 1. The van der Waals surface area contributed by atoms with Gasteiger partial charge in [-0.15, -0.1) is 11.3 Å². The van der Waals surface area contributed by atoms with Gasteiger partial charge in [-0.05, 0) is 36.1 Å². The molecule has 1 aromatic heterocycles. The first-order chi connectivity index (χ1) is 11.0. The molecule has 1 unspecified atom stereocenters. The van der Waals surface area contributed by atoms with Crippen LogP contribution in [0.1, 0.15) is 16.5 Å². The molecule has 1 aliphatic rings. The van der Waals surface area contributed by atoms with E-state index in [0.29, 0.717) is 24.7 Å². The molecule has 1 atom stereocenters. The van der Waals surface area contributed by atoms with Crippen molar-refractivity contribution in [2.45, 2.75) is 17.9 Å². The Morgan fingerprint density at radius 3 is 2.70 bits per heavy atom. The first-order valence-corrected chi connectivity index (χ1v) is 9.45. The number of fused-ring (bicyclic) bond motifs is 1. The van der Waals surface area contributed by atoms with E-state index in [9.17, 15) is 13.5 Å². The summed E-state index contributed by atoms with van der Waals surface area (Å²) < 4.78 is 37.9. The quantitative estimate of drug-likeness (QED) is 0.855. The summed E-state index contributed by atoms with van der Waals surface area (Å²) in [6, 6.07) is 6.35. The Morgan fingerprint density at radius 1 is 1.26 bits per heavy atom. The highest BCUT2D eigenvalue weighted by Gasteiger charge is 2.21. The molecule has 0 bridgehead atoms. The van der Waals surface area contributed by atoms with E-state index >= 15 is 0 Å². The van der Waals surface area contributed by atoms with Crippen molar-refractivity contribution in [3.05, 3.63) is 40.1 Å². The molecule has 1 aliphatic heterocycles. The van der Waals surface area contributed by atoms with Crippen LogP contribution in [0.2, 0.25) is 0 Å². The summed E-state index contributed by atoms with van der Waals surface area (Å²) >= 11 is 1.40. The number of ether oxygens (including phenoxy) is 2. The summed E-state index contributed by atoms with van der Waals surface area (Å²) in [5.41, 5.74) is 0.945. The van der Waals surface area contributed by atoms with Gasteiger partial charge >= 0.3 is 0 Å². The van der Waals surface area contributed by atoms with Gasteiger partial charge in [0.25, 0.3) is 0 Å². The van der Waals surface area contributed by atoms with Gasteiger partial charge in [0.05, 0.1) is 4.90 Å². The van der Waals surface area contributed by atoms with E-state index in [4.69, 9.17) is 9.47 Å². The highest BCUT2D eigenvalue weighted by atomic mass is 32.2. The maximum Gasteiger partial charge on any atom is 0.240 e. The summed E-state index contributed by atoms with van der Waals surface area (Å²) in [6.45, 7) is 2.63. The van der Waals surface area contributed by atoms with Gasteiger partial charge in [-0.25, -0.2) is 13.1 Å². The molecule has 124 valence electrons. The molecule has 0 spiro atoms. The zero-order valence-electron chi connectivity index (χ0n) is 12.5. The Kier molecular flexibility index (Phi) is 4.58. The van der Waals surface area contributed by atoms with Gasteiger partial charge in [0.1, 0.15) is 19.3 Å². The third-order valence-corrected chi connectivity index (χ3v) is 6.04. The molecule has 6 nitrogen and oxygen atoms in total. The number of nitrogens with one attached hydrogen (secondary N) is 1. The summed E-state index contributed by atoms with van der Waals surface area (Å²) in [7, 11) is -3.73. The first kappa shape index (κ1) is 16.3. The molecular weight excluding hydrogens is 338 g/mol. The van der Waals surface area contributed by atoms with E-state index in [1.807, 2.05) is 18.4 Å². The summed E-state index contributed by atoms with van der Waals surface area (Å²) in [6.07, 6.45) is -0.873. The van der Waals surface area contributed by atoms with Crippen LogP contribution in [0.15, 0.2) is 34.5 Å². The SMILES string of the molecule is Cc1ccsc1C(O)CNS(=O)(=O)c1ccc2c(c1)OCCO2. The van der Waals surface area contributed by atoms with Crippen molar-refractivity contribution in [2.75, 3.05) is 19.8 Å². The molecule has 3 rings (SSSR count). The van der Waals surface area contributed by atoms with Crippen molar-refractivity contribution in [1.29, 1.82) is 0 Å². The topological polar surface area (TPSA) is 84.9 Å². The minimum atomic E-state index is -3.73. The second-order valence-corrected chi connectivity index (χ2v) is 7.86. The first-order valence-electron chi connectivity index (χ1n) is 7.09. The zero-order valence-corrected chi connectivity index (χ0v) is 14.1. The number of sulfonamides is 1. The van der Waals surface area contributed by atoms with Gasteiger partial charge < -0.3 is 14.6 Å². The van der Waals surface area contributed by atoms with Crippen LogP contribution in [0.4, 0.5) is 0 Å². The molecule has 0 radical (unpaired) electrons. The van der Waals surface area contributed by atoms with E-state index in [0.717, 1.165) is 10.4 Å². The zero-order chi connectivity index (χ0) is 16.4. The van der Waals surface area contributed by atoms with Gasteiger partial charge in [0.15, 0.2) is 11.5 Å². The number of thiophene rings is 1. The molecule has 23 heavy (non-hydrogen) atoms. The molecule has 8 heteroatoms. The Bertz CT molecular complexity index is 800. The predicted molar refractivity (Wildman–Crippen MR) is 86.6 cm³/mol. The van der Waals surface area contributed by atoms with Gasteiger partial charge in [0, 0.05) is 17.5 Å². The third kappa shape index (κ3) is 3.50. The second-order valence-electron chi connectivity index (χ2n) is 5.14. The van der Waals surface area contributed by atoms with Gasteiger partial charge in [-0.3, -0.25) is 0 Å². The monoisotopic (exact) mass is 355 g/mol. The van der Waals surface area contributed by atoms with Crippen LogP contribution in [0.5, 0.6) is 11.5 Å². The van der Waals surface area contributed by atoms with Gasteiger partial charge in [0.2, 0.25) is 10.0 Å². The van der Waals surface area contributed by atoms with E-state index in [1.165, 1.54) is 23.5 Å². The fraction of sp³-hybridized carbons (Fsp3) is 0.333. The molecule has 0 fully saturated rings. The van der Waals surface area contributed by atoms with Crippen molar-refractivity contribution in [3.63, 3.8) is 0 Å². The Hall–Kier alpha value is -1.61. The predicted octanol–water partition coefficient (Wildman–Crippen LogP) is 1.84. The van der Waals surface area contributed by atoms with E-state index in [1.54, 1.807) is 6.07 Å². The Balaban J connectivity index is 1.73. The fourth-order valence-electron chi connectivity index (χ4n) is 2.28. The second kappa shape index (κ2) is 6.48. The van der Waals surface area contributed by atoms with Crippen LogP contribution in [0.25, 0.3) is 0 Å². The summed E-state index contributed by atoms with van der Waals surface area (Å²) in [5, 5.41) is 12.0. The lowest BCUT2D eigenvalue weighted by Gasteiger charge is -2.19. The minimum Gasteiger partial charge on any atom is -0.486 e. The largest absolute Gasteiger partial charge is 0.486 e. The number of hydrogen-bond donors (Lipinski definition) is 2. The Morgan fingerprint density at radius 2 is 2.00 bits per heavy atom. The van der Waals surface area contributed by atoms with Crippen LogP contribution in [-0.2, 0) is 10.0 Å². The van der Waals surface area contributed by atoms with E-state index in [-0.39, 0.29) is 11.4 Å². The lowest BCUT2D eigenvalue weighted by Crippen LogP contribution is -2.28. The number of hydrogen-bond acceptors (Lipinski definition) is 6. The molecule has 0 saturated carbocycles. The third-order valence-electron chi connectivity index (χ3n) is 3.50. The van der Waals surface area contributed by atoms with Crippen LogP contribution in [-0.4, -0.2) is 33.3 Å². The molecule has 2 heterocycles. The lowest BCUT2D eigenvalue weighted by atomic mass is 10.2. The van der Waals surface area contributed by atoms with Crippen LogP contribution in [0, 0.1) is 6.92 Å². The minimum absolute atomic E-state index is 0.0804. The number of rotatable bonds is 5. The normalized spacial score (nSPS) is 15.4.